The lowest BCUT2D eigenvalue weighted by molar-refractivity contribution is -0.129. The van der Waals surface area contributed by atoms with Gasteiger partial charge in [0.25, 0.3) is 5.91 Å². The van der Waals surface area contributed by atoms with Crippen molar-refractivity contribution >= 4 is 11.7 Å². The smallest absolute Gasteiger partial charge is 0.285 e. The maximum absolute atomic E-state index is 13.5. The quantitative estimate of drug-likeness (QED) is 0.697. The van der Waals surface area contributed by atoms with Crippen LogP contribution < -0.4 is 10.6 Å². The summed E-state index contributed by atoms with van der Waals surface area (Å²) >= 11 is 0. The molecule has 15 heavy (non-hydrogen) atoms. The Balaban J connectivity index is 2.35. The Hall–Kier alpha value is -1.75. The second-order valence-corrected chi connectivity index (χ2v) is 3.31. The van der Waals surface area contributed by atoms with Crippen molar-refractivity contribution < 1.29 is 9.18 Å². The molecule has 0 spiro atoms. The monoisotopic (exact) mass is 207 g/mol. The van der Waals surface area contributed by atoms with Gasteiger partial charge in [-0.25, -0.2) is 9.37 Å². The molecule has 1 amide bonds. The summed E-state index contributed by atoms with van der Waals surface area (Å²) in [7, 11) is 0. The number of anilines is 1. The number of pyridine rings is 1. The molecular formula is C10H10FN3O. The summed E-state index contributed by atoms with van der Waals surface area (Å²) in [6.45, 7) is 0. The van der Waals surface area contributed by atoms with Crippen LogP contribution in [-0.2, 0) is 4.79 Å². The van der Waals surface area contributed by atoms with Gasteiger partial charge in [-0.2, -0.15) is 0 Å². The average Bonchev–Trinajstić information content (AvgIpc) is 2.23. The zero-order chi connectivity index (χ0) is 10.9. The van der Waals surface area contributed by atoms with Crippen LogP contribution in [0.3, 0.4) is 0 Å². The van der Waals surface area contributed by atoms with Gasteiger partial charge < -0.3 is 0 Å². The first-order valence-electron chi connectivity index (χ1n) is 4.50. The van der Waals surface area contributed by atoms with Crippen molar-refractivity contribution in [1.29, 1.82) is 0 Å². The van der Waals surface area contributed by atoms with Crippen LogP contribution in [0.5, 0.6) is 0 Å². The number of hydrogen-bond donors (Lipinski definition) is 1. The molecule has 2 rings (SSSR count). The fourth-order valence-corrected chi connectivity index (χ4v) is 1.36. The lowest BCUT2D eigenvalue weighted by Crippen LogP contribution is -2.52. The number of rotatable bonds is 1. The molecule has 0 bridgehead atoms. The number of nitrogens with two attached hydrogens (primary N) is 1. The van der Waals surface area contributed by atoms with Crippen molar-refractivity contribution in [2.24, 2.45) is 5.73 Å². The number of carbonyl (C=O) groups excluding carboxylic acids is 1. The van der Waals surface area contributed by atoms with Gasteiger partial charge in [0.15, 0.2) is 0 Å². The van der Waals surface area contributed by atoms with E-state index in [1.807, 2.05) is 0 Å². The second kappa shape index (κ2) is 3.43. The summed E-state index contributed by atoms with van der Waals surface area (Å²) in [6.07, 6.45) is 4.42. The van der Waals surface area contributed by atoms with Crippen LogP contribution in [-0.4, -0.2) is 16.7 Å². The van der Waals surface area contributed by atoms with Gasteiger partial charge in [0, 0.05) is 18.8 Å². The minimum atomic E-state index is -2.33. The Kier molecular flexibility index (Phi) is 2.24. The lowest BCUT2D eigenvalue weighted by Gasteiger charge is -2.28. The highest BCUT2D eigenvalue weighted by Gasteiger charge is 2.39. The van der Waals surface area contributed by atoms with E-state index in [9.17, 15) is 9.18 Å². The molecule has 1 aliphatic rings. The molecule has 1 unspecified atom stereocenters. The van der Waals surface area contributed by atoms with E-state index in [-0.39, 0.29) is 6.42 Å². The van der Waals surface area contributed by atoms with Crippen LogP contribution in [0.1, 0.15) is 6.42 Å². The molecule has 2 N–H and O–H groups in total. The number of nitrogens with zero attached hydrogens (tertiary/aromatic N) is 2. The molecule has 5 heteroatoms. The summed E-state index contributed by atoms with van der Waals surface area (Å²) in [5, 5.41) is 0. The molecule has 0 saturated heterocycles. The highest BCUT2D eigenvalue weighted by molar-refractivity contribution is 6.00. The van der Waals surface area contributed by atoms with Crippen molar-refractivity contribution in [3.8, 4) is 0 Å². The zero-order valence-corrected chi connectivity index (χ0v) is 7.93. The molecule has 0 fully saturated rings. The predicted molar refractivity (Wildman–Crippen MR) is 53.5 cm³/mol. The van der Waals surface area contributed by atoms with Gasteiger partial charge >= 0.3 is 0 Å². The topological polar surface area (TPSA) is 59.2 Å². The number of hydrogen-bond acceptors (Lipinski definition) is 3. The van der Waals surface area contributed by atoms with Crippen molar-refractivity contribution in [3.63, 3.8) is 0 Å². The molecule has 1 aromatic heterocycles. The van der Waals surface area contributed by atoms with E-state index in [0.29, 0.717) is 5.82 Å². The van der Waals surface area contributed by atoms with E-state index < -0.39 is 11.7 Å². The van der Waals surface area contributed by atoms with Gasteiger partial charge in [0.2, 0.25) is 5.79 Å². The minimum absolute atomic E-state index is 0.102. The maximum atomic E-state index is 13.5. The van der Waals surface area contributed by atoms with E-state index in [1.54, 1.807) is 18.2 Å². The van der Waals surface area contributed by atoms with Crippen LogP contribution in [0.4, 0.5) is 10.2 Å². The molecule has 0 saturated carbocycles. The Labute approximate surface area is 86.2 Å². The molecular weight excluding hydrogens is 197 g/mol. The van der Waals surface area contributed by atoms with Gasteiger partial charge in [0.05, 0.1) is 0 Å². The van der Waals surface area contributed by atoms with Gasteiger partial charge in [0.1, 0.15) is 5.82 Å². The van der Waals surface area contributed by atoms with Crippen molar-refractivity contribution in [3.05, 3.63) is 36.7 Å². The Morgan fingerprint density at radius 3 is 3.00 bits per heavy atom. The third-order valence-corrected chi connectivity index (χ3v) is 2.14. The average molecular weight is 207 g/mol. The lowest BCUT2D eigenvalue weighted by atomic mass is 10.1. The van der Waals surface area contributed by atoms with E-state index in [1.165, 1.54) is 18.5 Å². The first kappa shape index (κ1) is 9.79. The molecule has 0 radical (unpaired) electrons. The van der Waals surface area contributed by atoms with E-state index >= 15 is 0 Å². The largest absolute Gasteiger partial charge is 0.291 e. The number of alkyl halides is 1. The van der Waals surface area contributed by atoms with Crippen LogP contribution >= 0.6 is 0 Å². The minimum Gasteiger partial charge on any atom is -0.291 e. The van der Waals surface area contributed by atoms with Crippen LogP contribution in [0, 0.1) is 0 Å². The second-order valence-electron chi connectivity index (χ2n) is 3.31. The van der Waals surface area contributed by atoms with Gasteiger partial charge in [-0.15, -0.1) is 0 Å². The van der Waals surface area contributed by atoms with Crippen molar-refractivity contribution in [2.45, 2.75) is 12.2 Å². The zero-order valence-electron chi connectivity index (χ0n) is 7.93. The summed E-state index contributed by atoms with van der Waals surface area (Å²) < 4.78 is 13.5. The van der Waals surface area contributed by atoms with Crippen LogP contribution in [0.2, 0.25) is 0 Å². The normalized spacial score (nSPS) is 25.7. The number of carbonyl (C=O) groups is 1. The first-order chi connectivity index (χ1) is 7.11. The highest BCUT2D eigenvalue weighted by Crippen LogP contribution is 2.23. The first-order valence-corrected chi connectivity index (χ1v) is 4.50. The Morgan fingerprint density at radius 1 is 1.53 bits per heavy atom. The standard InChI is InChI=1S/C10H10FN3O/c11-10(12)5-3-7-14(9(10)15)8-4-1-2-6-13-8/h1-4,6-7H,5,12H2. The van der Waals surface area contributed by atoms with E-state index in [0.717, 1.165) is 4.90 Å². The van der Waals surface area contributed by atoms with Crippen molar-refractivity contribution in [2.75, 3.05) is 4.90 Å². The number of halogens is 1. The fraction of sp³-hybridized carbons (Fsp3) is 0.200. The van der Waals surface area contributed by atoms with E-state index in [2.05, 4.69) is 4.98 Å². The summed E-state index contributed by atoms with van der Waals surface area (Å²) in [5.74, 6) is -2.75. The maximum Gasteiger partial charge on any atom is 0.285 e. The van der Waals surface area contributed by atoms with Crippen molar-refractivity contribution in [1.82, 2.24) is 4.98 Å². The highest BCUT2D eigenvalue weighted by atomic mass is 19.1. The third kappa shape index (κ3) is 1.73. The summed E-state index contributed by atoms with van der Waals surface area (Å²) in [6, 6.07) is 5.05. The predicted octanol–water partition coefficient (Wildman–Crippen LogP) is 0.957. The van der Waals surface area contributed by atoms with Crippen LogP contribution in [0.25, 0.3) is 0 Å². The number of amides is 1. The summed E-state index contributed by atoms with van der Waals surface area (Å²) in [4.78, 5) is 16.6. The molecule has 1 aromatic rings. The molecule has 0 aromatic carbocycles. The Morgan fingerprint density at radius 2 is 2.33 bits per heavy atom. The molecule has 4 nitrogen and oxygen atoms in total. The molecule has 1 aliphatic heterocycles. The SMILES string of the molecule is NC1(F)CC=CN(c2ccccn2)C1=O. The van der Waals surface area contributed by atoms with Gasteiger partial charge in [-0.05, 0) is 12.1 Å². The van der Waals surface area contributed by atoms with Gasteiger partial charge in [-0.3, -0.25) is 15.4 Å². The Bertz CT molecular complexity index is 402. The molecule has 2 heterocycles. The fourth-order valence-electron chi connectivity index (χ4n) is 1.36. The number of aromatic nitrogens is 1. The van der Waals surface area contributed by atoms with Gasteiger partial charge in [-0.1, -0.05) is 12.1 Å². The molecule has 1 atom stereocenters. The summed E-state index contributed by atoms with van der Waals surface area (Å²) in [5.41, 5.74) is 5.21. The van der Waals surface area contributed by atoms with Crippen LogP contribution in [0.15, 0.2) is 36.7 Å². The third-order valence-electron chi connectivity index (χ3n) is 2.14. The molecule has 78 valence electrons. The molecule has 0 aliphatic carbocycles. The van der Waals surface area contributed by atoms with E-state index in [4.69, 9.17) is 5.73 Å².